The maximum Gasteiger partial charge on any atom is 0.341 e. The fraction of sp³-hybridized carbons (Fsp3) is 0.417. The van der Waals surface area contributed by atoms with Gasteiger partial charge in [-0.1, -0.05) is 13.3 Å². The molecule has 1 atom stereocenters. The topological polar surface area (TPSA) is 92.8 Å². The Bertz CT molecular complexity index is 1090. The third-order valence-corrected chi connectivity index (χ3v) is 8.25. The Labute approximate surface area is 200 Å². The molecular formula is C24H26N2O5S2. The van der Waals surface area contributed by atoms with Crippen LogP contribution in [-0.2, 0) is 32.0 Å². The molecule has 33 heavy (non-hydrogen) atoms. The summed E-state index contributed by atoms with van der Waals surface area (Å²) in [7, 11) is 1.31. The van der Waals surface area contributed by atoms with Gasteiger partial charge in [0.1, 0.15) is 5.00 Å². The molecule has 0 radical (unpaired) electrons. The van der Waals surface area contributed by atoms with Crippen molar-refractivity contribution >= 4 is 57.5 Å². The van der Waals surface area contributed by atoms with Gasteiger partial charge >= 0.3 is 5.97 Å². The molecule has 1 aromatic carbocycles. The van der Waals surface area contributed by atoms with Crippen LogP contribution in [0.15, 0.2) is 29.2 Å². The Kier molecular flexibility index (Phi) is 7.19. The standard InChI is InChI=1S/C24H26N2O5S2/c1-3-4-8-19(27)25-14-9-11-15(12-10-14)32-18-13-20(28)26(22(18)29)23-21(24(30)31-2)16-6-5-7-17(16)33-23/h9-12,18H,3-8,13H2,1-2H3,(H,25,27)/t18-/m1/s1. The average Bonchev–Trinajstić information content (AvgIpc) is 3.46. The van der Waals surface area contributed by atoms with Crippen LogP contribution in [0.3, 0.4) is 0 Å². The van der Waals surface area contributed by atoms with Gasteiger partial charge in [-0.05, 0) is 55.5 Å². The summed E-state index contributed by atoms with van der Waals surface area (Å²) in [5.41, 5.74) is 1.98. The summed E-state index contributed by atoms with van der Waals surface area (Å²) in [5.74, 6) is -1.14. The van der Waals surface area contributed by atoms with Crippen LogP contribution in [0.4, 0.5) is 10.7 Å². The summed E-state index contributed by atoms with van der Waals surface area (Å²) < 4.78 is 4.96. The summed E-state index contributed by atoms with van der Waals surface area (Å²) in [6.45, 7) is 2.04. The van der Waals surface area contributed by atoms with Gasteiger partial charge in [-0.3, -0.25) is 14.4 Å². The van der Waals surface area contributed by atoms with E-state index in [-0.39, 0.29) is 24.1 Å². The van der Waals surface area contributed by atoms with Crippen molar-refractivity contribution in [2.45, 2.75) is 62.0 Å². The van der Waals surface area contributed by atoms with E-state index in [0.717, 1.165) is 47.4 Å². The Morgan fingerprint density at radius 3 is 2.67 bits per heavy atom. The van der Waals surface area contributed by atoms with E-state index >= 15 is 0 Å². The van der Waals surface area contributed by atoms with E-state index in [4.69, 9.17) is 4.74 Å². The molecular weight excluding hydrogens is 460 g/mol. The van der Waals surface area contributed by atoms with Crippen molar-refractivity contribution in [1.82, 2.24) is 0 Å². The number of nitrogens with one attached hydrogen (secondary N) is 1. The van der Waals surface area contributed by atoms with E-state index in [0.29, 0.717) is 22.7 Å². The molecule has 1 aliphatic carbocycles. The maximum atomic E-state index is 13.2. The van der Waals surface area contributed by atoms with Crippen molar-refractivity contribution in [2.75, 3.05) is 17.3 Å². The number of carbonyl (C=O) groups is 4. The monoisotopic (exact) mass is 486 g/mol. The van der Waals surface area contributed by atoms with Crippen molar-refractivity contribution in [2.24, 2.45) is 0 Å². The third kappa shape index (κ3) is 4.84. The first kappa shape index (κ1) is 23.5. The Balaban J connectivity index is 1.48. The molecule has 1 aromatic heterocycles. The summed E-state index contributed by atoms with van der Waals surface area (Å²) in [4.78, 5) is 53.5. The second kappa shape index (κ2) is 10.1. The molecule has 0 saturated carbocycles. The third-order valence-electron chi connectivity index (χ3n) is 5.77. The Hall–Kier alpha value is -2.65. The van der Waals surface area contributed by atoms with Crippen LogP contribution in [0.1, 0.15) is 59.8 Å². The normalized spacial score (nSPS) is 17.4. The molecule has 1 aliphatic heterocycles. The number of esters is 1. The van der Waals surface area contributed by atoms with Gasteiger partial charge in [0.25, 0.3) is 0 Å². The smallest absolute Gasteiger partial charge is 0.341 e. The summed E-state index contributed by atoms with van der Waals surface area (Å²) >= 11 is 2.67. The first-order chi connectivity index (χ1) is 15.9. The van der Waals surface area contributed by atoms with Crippen LogP contribution in [0.2, 0.25) is 0 Å². The van der Waals surface area contributed by atoms with E-state index in [1.54, 1.807) is 12.1 Å². The summed E-state index contributed by atoms with van der Waals surface area (Å²) in [5, 5.41) is 2.70. The van der Waals surface area contributed by atoms with Crippen molar-refractivity contribution in [1.29, 1.82) is 0 Å². The highest BCUT2D eigenvalue weighted by molar-refractivity contribution is 8.00. The highest BCUT2D eigenvalue weighted by Crippen LogP contribution is 2.44. The molecule has 3 amide bonds. The van der Waals surface area contributed by atoms with E-state index in [1.165, 1.54) is 35.1 Å². The number of methoxy groups -OCH3 is 1. The fourth-order valence-corrected chi connectivity index (χ4v) is 6.56. The Morgan fingerprint density at radius 2 is 1.97 bits per heavy atom. The number of rotatable bonds is 8. The summed E-state index contributed by atoms with van der Waals surface area (Å²) in [6, 6.07) is 7.26. The van der Waals surface area contributed by atoms with Gasteiger partial charge in [-0.2, -0.15) is 0 Å². The number of hydrogen-bond acceptors (Lipinski definition) is 7. The number of thiophene rings is 1. The van der Waals surface area contributed by atoms with Gasteiger partial charge in [0, 0.05) is 28.3 Å². The highest BCUT2D eigenvalue weighted by atomic mass is 32.2. The van der Waals surface area contributed by atoms with E-state index in [2.05, 4.69) is 5.32 Å². The highest BCUT2D eigenvalue weighted by Gasteiger charge is 2.44. The minimum atomic E-state index is -0.565. The minimum absolute atomic E-state index is 0.0197. The predicted molar refractivity (Wildman–Crippen MR) is 129 cm³/mol. The molecule has 0 bridgehead atoms. The van der Waals surface area contributed by atoms with Crippen molar-refractivity contribution in [3.05, 3.63) is 40.3 Å². The van der Waals surface area contributed by atoms with Gasteiger partial charge in [-0.25, -0.2) is 9.69 Å². The molecule has 2 heterocycles. The van der Waals surface area contributed by atoms with E-state index in [1.807, 2.05) is 19.1 Å². The molecule has 2 aliphatic rings. The van der Waals surface area contributed by atoms with Crippen LogP contribution in [0.5, 0.6) is 0 Å². The number of thioether (sulfide) groups is 1. The van der Waals surface area contributed by atoms with Crippen molar-refractivity contribution in [3.63, 3.8) is 0 Å². The molecule has 4 rings (SSSR count). The lowest BCUT2D eigenvalue weighted by atomic mass is 10.1. The van der Waals surface area contributed by atoms with Crippen molar-refractivity contribution < 1.29 is 23.9 Å². The lowest BCUT2D eigenvalue weighted by molar-refractivity contribution is -0.121. The fourth-order valence-electron chi connectivity index (χ4n) is 4.11. The van der Waals surface area contributed by atoms with Gasteiger partial charge in [0.2, 0.25) is 17.7 Å². The Morgan fingerprint density at radius 1 is 1.21 bits per heavy atom. The van der Waals surface area contributed by atoms with Crippen LogP contribution >= 0.6 is 23.1 Å². The van der Waals surface area contributed by atoms with Gasteiger partial charge < -0.3 is 10.1 Å². The number of amides is 3. The van der Waals surface area contributed by atoms with Gasteiger partial charge in [-0.15, -0.1) is 23.1 Å². The molecule has 7 nitrogen and oxygen atoms in total. The molecule has 1 N–H and O–H groups in total. The number of anilines is 2. The van der Waals surface area contributed by atoms with Crippen molar-refractivity contribution in [3.8, 4) is 0 Å². The molecule has 174 valence electrons. The number of benzene rings is 1. The number of ether oxygens (including phenoxy) is 1. The number of imide groups is 1. The zero-order valence-electron chi connectivity index (χ0n) is 18.6. The SMILES string of the molecule is CCCCC(=O)Nc1ccc(S[C@@H]2CC(=O)N(c3sc4c(c3C(=O)OC)CCC4)C2=O)cc1. The average molecular weight is 487 g/mol. The molecule has 0 unspecified atom stereocenters. The first-order valence-electron chi connectivity index (χ1n) is 11.1. The van der Waals surface area contributed by atoms with E-state index < -0.39 is 11.2 Å². The predicted octanol–water partition coefficient (Wildman–Crippen LogP) is 4.58. The number of fused-ring (bicyclic) bond motifs is 1. The zero-order valence-corrected chi connectivity index (χ0v) is 20.3. The molecule has 2 aromatic rings. The molecule has 9 heteroatoms. The molecule has 0 spiro atoms. The number of aryl methyl sites for hydroxylation is 1. The van der Waals surface area contributed by atoms with Gasteiger partial charge in [0.15, 0.2) is 0 Å². The second-order valence-corrected chi connectivity index (χ2v) is 10.4. The first-order valence-corrected chi connectivity index (χ1v) is 12.8. The lowest BCUT2D eigenvalue weighted by Crippen LogP contribution is -2.31. The number of unbranched alkanes of at least 4 members (excludes halogenated alkanes) is 1. The van der Waals surface area contributed by atoms with E-state index in [9.17, 15) is 19.2 Å². The minimum Gasteiger partial charge on any atom is -0.465 e. The number of carbonyl (C=O) groups excluding carboxylic acids is 4. The maximum absolute atomic E-state index is 13.2. The van der Waals surface area contributed by atoms with Crippen LogP contribution < -0.4 is 10.2 Å². The zero-order chi connectivity index (χ0) is 23.5. The molecule has 1 fully saturated rings. The quantitative estimate of drug-likeness (QED) is 0.434. The van der Waals surface area contributed by atoms with Gasteiger partial charge in [0.05, 0.1) is 17.9 Å². The largest absolute Gasteiger partial charge is 0.465 e. The van der Waals surface area contributed by atoms with Crippen LogP contribution in [0.25, 0.3) is 0 Å². The second-order valence-electron chi connectivity index (χ2n) is 8.08. The number of hydrogen-bond donors (Lipinski definition) is 1. The van der Waals surface area contributed by atoms with Crippen LogP contribution in [0, 0.1) is 0 Å². The summed E-state index contributed by atoms with van der Waals surface area (Å²) in [6.07, 6.45) is 4.93. The number of nitrogens with zero attached hydrogens (tertiary/aromatic N) is 1. The van der Waals surface area contributed by atoms with Crippen LogP contribution in [-0.4, -0.2) is 36.1 Å². The molecule has 1 saturated heterocycles. The lowest BCUT2D eigenvalue weighted by Gasteiger charge is -2.15.